The van der Waals surface area contributed by atoms with Crippen LogP contribution in [0, 0.1) is 0 Å². The summed E-state index contributed by atoms with van der Waals surface area (Å²) in [5.41, 5.74) is 1.15. The largest absolute Gasteiger partial charge is 0.455 e. The first kappa shape index (κ1) is 24.4. The number of anilines is 3. The van der Waals surface area contributed by atoms with E-state index in [1.165, 1.54) is 42.5 Å². The monoisotopic (exact) mass is 527 g/mol. The number of benzene rings is 4. The molecule has 0 atom stereocenters. The Hall–Kier alpha value is -3.72. The molecule has 2 amide bonds. The predicted octanol–water partition coefficient (Wildman–Crippen LogP) is 7.23. The molecule has 0 saturated carbocycles. The first-order valence-electron chi connectivity index (χ1n) is 10.3. The predicted molar refractivity (Wildman–Crippen MR) is 139 cm³/mol. The van der Waals surface area contributed by atoms with E-state index in [1.54, 1.807) is 24.3 Å². The van der Waals surface area contributed by atoms with Crippen LogP contribution in [0.25, 0.3) is 0 Å². The average molecular weight is 528 g/mol. The molecule has 0 aliphatic carbocycles. The zero-order chi connectivity index (χ0) is 24.8. The van der Waals surface area contributed by atoms with Crippen molar-refractivity contribution in [1.29, 1.82) is 0 Å². The molecule has 0 heterocycles. The van der Waals surface area contributed by atoms with Gasteiger partial charge in [0, 0.05) is 5.69 Å². The molecule has 0 aliphatic heterocycles. The van der Waals surface area contributed by atoms with Crippen LogP contribution >= 0.6 is 23.2 Å². The highest BCUT2D eigenvalue weighted by molar-refractivity contribution is 7.92. The smallest absolute Gasteiger partial charge is 0.323 e. The lowest BCUT2D eigenvalue weighted by Gasteiger charge is -2.13. The SMILES string of the molecule is O=C(Nc1ccc(S(=O)(=O)Nc2ccc(Cl)c(Cl)c2)cc1)Nc1ccccc1Oc1ccccc1. The van der Waals surface area contributed by atoms with Crippen molar-refractivity contribution in [3.8, 4) is 11.5 Å². The van der Waals surface area contributed by atoms with Gasteiger partial charge in [-0.2, -0.15) is 0 Å². The standard InChI is InChI=1S/C25H19Cl2N3O4S/c26-21-15-12-18(16-22(21)27)30-35(32,33)20-13-10-17(11-14-20)28-25(31)29-23-8-4-5-9-24(23)34-19-6-2-1-3-7-19/h1-16,30H,(H2,28,29,31). The summed E-state index contributed by atoms with van der Waals surface area (Å²) in [4.78, 5) is 12.5. The fraction of sp³-hybridized carbons (Fsp3) is 0. The highest BCUT2D eigenvalue weighted by Gasteiger charge is 2.15. The van der Waals surface area contributed by atoms with Gasteiger partial charge >= 0.3 is 6.03 Å². The summed E-state index contributed by atoms with van der Waals surface area (Å²) < 4.78 is 33.6. The van der Waals surface area contributed by atoms with Crippen molar-refractivity contribution in [2.45, 2.75) is 4.90 Å². The molecule has 0 unspecified atom stereocenters. The molecule has 0 spiro atoms. The van der Waals surface area contributed by atoms with E-state index in [-0.39, 0.29) is 15.6 Å². The highest BCUT2D eigenvalue weighted by atomic mass is 35.5. The molecule has 3 N–H and O–H groups in total. The maximum Gasteiger partial charge on any atom is 0.323 e. The molecule has 10 heteroatoms. The minimum Gasteiger partial charge on any atom is -0.455 e. The molecular weight excluding hydrogens is 509 g/mol. The van der Waals surface area contributed by atoms with E-state index < -0.39 is 16.1 Å². The number of nitrogens with one attached hydrogen (secondary N) is 3. The van der Waals surface area contributed by atoms with E-state index in [9.17, 15) is 13.2 Å². The Balaban J connectivity index is 1.41. The number of urea groups is 1. The van der Waals surface area contributed by atoms with Crippen molar-refractivity contribution in [2.24, 2.45) is 0 Å². The summed E-state index contributed by atoms with van der Waals surface area (Å²) in [5.74, 6) is 1.11. The minimum absolute atomic E-state index is 0.0103. The Labute approximate surface area is 212 Å². The summed E-state index contributed by atoms with van der Waals surface area (Å²) in [5, 5.41) is 5.96. The summed E-state index contributed by atoms with van der Waals surface area (Å²) >= 11 is 11.8. The third kappa shape index (κ3) is 6.45. The number of amides is 2. The number of sulfonamides is 1. The first-order valence-corrected chi connectivity index (χ1v) is 12.5. The molecule has 0 aliphatic rings. The fourth-order valence-corrected chi connectivity index (χ4v) is 4.40. The van der Waals surface area contributed by atoms with Gasteiger partial charge in [0.05, 0.1) is 26.3 Å². The van der Waals surface area contributed by atoms with Gasteiger partial charge in [-0.1, -0.05) is 53.5 Å². The van der Waals surface area contributed by atoms with Gasteiger partial charge in [0.2, 0.25) is 0 Å². The van der Waals surface area contributed by atoms with Crippen LogP contribution < -0.4 is 20.1 Å². The van der Waals surface area contributed by atoms with Crippen molar-refractivity contribution < 1.29 is 17.9 Å². The second kappa shape index (κ2) is 10.7. The van der Waals surface area contributed by atoms with Gasteiger partial charge in [-0.15, -0.1) is 0 Å². The number of hydrogen-bond acceptors (Lipinski definition) is 4. The van der Waals surface area contributed by atoms with Crippen LogP contribution in [-0.2, 0) is 10.0 Å². The van der Waals surface area contributed by atoms with Crippen molar-refractivity contribution >= 4 is 56.3 Å². The Morgan fingerprint density at radius 3 is 2.09 bits per heavy atom. The number of ether oxygens (including phenoxy) is 1. The molecule has 0 radical (unpaired) electrons. The molecule has 0 fully saturated rings. The van der Waals surface area contributed by atoms with Gasteiger partial charge < -0.3 is 15.4 Å². The van der Waals surface area contributed by atoms with Gasteiger partial charge in [0.15, 0.2) is 5.75 Å². The molecule has 35 heavy (non-hydrogen) atoms. The van der Waals surface area contributed by atoms with Crippen molar-refractivity contribution in [1.82, 2.24) is 0 Å². The van der Waals surface area contributed by atoms with E-state index in [1.807, 2.05) is 30.3 Å². The average Bonchev–Trinajstić information content (AvgIpc) is 2.83. The van der Waals surface area contributed by atoms with E-state index in [0.717, 1.165) is 0 Å². The molecular formula is C25H19Cl2N3O4S. The van der Waals surface area contributed by atoms with E-state index in [2.05, 4.69) is 15.4 Å². The van der Waals surface area contributed by atoms with Crippen LogP contribution in [-0.4, -0.2) is 14.4 Å². The minimum atomic E-state index is -3.87. The zero-order valence-electron chi connectivity index (χ0n) is 18.0. The van der Waals surface area contributed by atoms with E-state index in [4.69, 9.17) is 27.9 Å². The molecule has 4 aromatic carbocycles. The van der Waals surface area contributed by atoms with Gasteiger partial charge in [-0.05, 0) is 66.7 Å². The third-order valence-corrected chi connectivity index (χ3v) is 6.84. The summed E-state index contributed by atoms with van der Waals surface area (Å²) in [6, 6.07) is 25.8. The second-order valence-electron chi connectivity index (χ2n) is 7.25. The summed E-state index contributed by atoms with van der Waals surface area (Å²) in [6.07, 6.45) is 0. The topological polar surface area (TPSA) is 96.5 Å². The normalized spacial score (nSPS) is 10.9. The van der Waals surface area contributed by atoms with Crippen LogP contribution in [0.15, 0.2) is 102 Å². The maximum atomic E-state index is 12.7. The van der Waals surface area contributed by atoms with Crippen LogP contribution in [0.3, 0.4) is 0 Å². The fourth-order valence-electron chi connectivity index (χ4n) is 3.05. The maximum absolute atomic E-state index is 12.7. The summed E-state index contributed by atoms with van der Waals surface area (Å²) in [7, 11) is -3.87. The lowest BCUT2D eigenvalue weighted by atomic mass is 10.3. The number of halogens is 2. The van der Waals surface area contributed by atoms with Gasteiger partial charge in [-0.3, -0.25) is 4.72 Å². The molecule has 4 rings (SSSR count). The van der Waals surface area contributed by atoms with Crippen molar-refractivity contribution in [2.75, 3.05) is 15.4 Å². The van der Waals surface area contributed by atoms with Crippen LogP contribution in [0.1, 0.15) is 0 Å². The molecule has 0 saturated heterocycles. The number of carbonyl (C=O) groups excluding carboxylic acids is 1. The van der Waals surface area contributed by atoms with Crippen LogP contribution in [0.4, 0.5) is 21.9 Å². The van der Waals surface area contributed by atoms with Gasteiger partial charge in [0.1, 0.15) is 5.75 Å². The van der Waals surface area contributed by atoms with Gasteiger partial charge in [0.25, 0.3) is 10.0 Å². The van der Waals surface area contributed by atoms with Crippen LogP contribution in [0.5, 0.6) is 11.5 Å². The lowest BCUT2D eigenvalue weighted by Crippen LogP contribution is -2.20. The second-order valence-corrected chi connectivity index (χ2v) is 9.75. The Kier molecular flexibility index (Phi) is 7.45. The van der Waals surface area contributed by atoms with E-state index >= 15 is 0 Å². The third-order valence-electron chi connectivity index (χ3n) is 4.70. The number of hydrogen-bond donors (Lipinski definition) is 3. The Morgan fingerprint density at radius 1 is 0.714 bits per heavy atom. The molecule has 0 bridgehead atoms. The Bertz CT molecular complexity index is 1450. The van der Waals surface area contributed by atoms with Crippen molar-refractivity contribution in [3.05, 3.63) is 107 Å². The van der Waals surface area contributed by atoms with Gasteiger partial charge in [-0.25, -0.2) is 13.2 Å². The van der Waals surface area contributed by atoms with Crippen molar-refractivity contribution in [3.63, 3.8) is 0 Å². The zero-order valence-corrected chi connectivity index (χ0v) is 20.4. The Morgan fingerprint density at radius 2 is 1.37 bits per heavy atom. The number of carbonyl (C=O) groups is 1. The van der Waals surface area contributed by atoms with E-state index in [0.29, 0.717) is 27.9 Å². The number of rotatable bonds is 7. The quantitative estimate of drug-likeness (QED) is 0.236. The molecule has 0 aromatic heterocycles. The lowest BCUT2D eigenvalue weighted by molar-refractivity contribution is 0.262. The summed E-state index contributed by atoms with van der Waals surface area (Å²) in [6.45, 7) is 0. The first-order chi connectivity index (χ1) is 16.8. The number of para-hydroxylation sites is 3. The molecule has 178 valence electrons. The highest BCUT2D eigenvalue weighted by Crippen LogP contribution is 2.30. The molecule has 7 nitrogen and oxygen atoms in total. The molecule has 4 aromatic rings. The van der Waals surface area contributed by atoms with Crippen LogP contribution in [0.2, 0.25) is 10.0 Å².